The Balaban J connectivity index is 1.83. The van der Waals surface area contributed by atoms with Gasteiger partial charge in [-0.05, 0) is 72.4 Å². The minimum atomic E-state index is -4.16. The summed E-state index contributed by atoms with van der Waals surface area (Å²) in [4.78, 5) is 11.8. The molecule has 0 bridgehead atoms. The predicted molar refractivity (Wildman–Crippen MR) is 132 cm³/mol. The molecule has 3 aromatic rings. The third-order valence-electron chi connectivity index (χ3n) is 6.16. The van der Waals surface area contributed by atoms with E-state index in [0.29, 0.717) is 28.6 Å². The third-order valence-corrected chi connectivity index (χ3v) is 8.51. The van der Waals surface area contributed by atoms with Gasteiger partial charge >= 0.3 is 5.97 Å². The van der Waals surface area contributed by atoms with E-state index in [1.807, 2.05) is 24.3 Å². The van der Waals surface area contributed by atoms with Crippen molar-refractivity contribution in [2.24, 2.45) is 0 Å². The van der Waals surface area contributed by atoms with Crippen molar-refractivity contribution in [2.75, 3.05) is 13.7 Å². The Kier molecular flexibility index (Phi) is 6.92. The van der Waals surface area contributed by atoms with Gasteiger partial charge in [-0.25, -0.2) is 8.42 Å². The van der Waals surface area contributed by atoms with Crippen molar-refractivity contribution < 1.29 is 23.1 Å². The van der Waals surface area contributed by atoms with Gasteiger partial charge in [-0.2, -0.15) is 4.31 Å². The fourth-order valence-corrected chi connectivity index (χ4v) is 6.71. The molecule has 9 heteroatoms. The number of benzene rings is 3. The summed E-state index contributed by atoms with van der Waals surface area (Å²) in [6, 6.07) is 18.7. The van der Waals surface area contributed by atoms with E-state index in [1.54, 1.807) is 30.3 Å². The summed E-state index contributed by atoms with van der Waals surface area (Å²) < 4.78 is 33.8. The van der Waals surface area contributed by atoms with Gasteiger partial charge in [0.2, 0.25) is 10.0 Å². The normalized spacial score (nSPS) is 15.1. The lowest BCUT2D eigenvalue weighted by molar-refractivity contribution is -0.139. The van der Waals surface area contributed by atoms with Crippen molar-refractivity contribution in [3.63, 3.8) is 0 Å². The number of hydrogen-bond donors (Lipinski definition) is 1. The van der Waals surface area contributed by atoms with E-state index in [9.17, 15) is 18.3 Å². The molecule has 0 aliphatic heterocycles. The van der Waals surface area contributed by atoms with Gasteiger partial charge in [0, 0.05) is 16.1 Å². The van der Waals surface area contributed by atoms with E-state index in [-0.39, 0.29) is 4.90 Å². The molecule has 1 N–H and O–H groups in total. The van der Waals surface area contributed by atoms with Gasteiger partial charge in [0.15, 0.2) is 0 Å². The van der Waals surface area contributed by atoms with Gasteiger partial charge in [-0.3, -0.25) is 4.79 Å². The van der Waals surface area contributed by atoms with E-state index in [4.69, 9.17) is 27.9 Å². The summed E-state index contributed by atoms with van der Waals surface area (Å²) in [6.07, 6.45) is 1.78. The number of halogens is 2. The molecule has 0 spiro atoms. The number of carboxylic acids is 1. The van der Waals surface area contributed by atoms with Crippen molar-refractivity contribution in [3.8, 4) is 16.9 Å². The molecule has 0 unspecified atom stereocenters. The number of sulfonamides is 1. The van der Waals surface area contributed by atoms with E-state index in [2.05, 4.69) is 0 Å². The number of rotatable bonds is 8. The Hall–Kier alpha value is -2.58. The highest BCUT2D eigenvalue weighted by Gasteiger charge is 2.50. The average Bonchev–Trinajstić information content (AvgIpc) is 2.77. The first-order valence-corrected chi connectivity index (χ1v) is 12.8. The van der Waals surface area contributed by atoms with Gasteiger partial charge < -0.3 is 9.84 Å². The quantitative estimate of drug-likeness (QED) is 0.405. The van der Waals surface area contributed by atoms with E-state index >= 15 is 0 Å². The lowest BCUT2D eigenvalue weighted by atomic mass is 9.71. The summed E-state index contributed by atoms with van der Waals surface area (Å²) in [5.41, 5.74) is 1.33. The summed E-state index contributed by atoms with van der Waals surface area (Å²) in [7, 11) is -2.71. The monoisotopic (exact) mass is 519 g/mol. The number of carboxylic acid groups (broad SMARTS) is 1. The van der Waals surface area contributed by atoms with Crippen LogP contribution in [0, 0.1) is 0 Å². The number of methoxy groups -OCH3 is 1. The largest absolute Gasteiger partial charge is 0.497 e. The topological polar surface area (TPSA) is 83.9 Å². The Bertz CT molecular complexity index is 1320. The summed E-state index contributed by atoms with van der Waals surface area (Å²) >= 11 is 12.4. The minimum Gasteiger partial charge on any atom is -0.497 e. The SMILES string of the molecule is COc1cccc(S(=O)(=O)N(CC(=O)O)C2(c3cccc(-c4cc(Cl)cc(Cl)c4)c3)CCC2)c1. The lowest BCUT2D eigenvalue weighted by Crippen LogP contribution is -2.55. The van der Waals surface area contributed by atoms with Crippen LogP contribution in [0.2, 0.25) is 10.0 Å². The molecule has 0 radical (unpaired) electrons. The van der Waals surface area contributed by atoms with Crippen LogP contribution in [0.15, 0.2) is 71.6 Å². The van der Waals surface area contributed by atoms with Gasteiger partial charge in [-0.15, -0.1) is 0 Å². The van der Waals surface area contributed by atoms with Gasteiger partial charge in [0.05, 0.1) is 17.5 Å². The predicted octanol–water partition coefficient (Wildman–Crippen LogP) is 5.82. The van der Waals surface area contributed by atoms with E-state index in [1.165, 1.54) is 19.2 Å². The molecule has 1 fully saturated rings. The Morgan fingerprint density at radius 2 is 1.68 bits per heavy atom. The maximum atomic E-state index is 13.8. The molecule has 3 aromatic carbocycles. The second-order valence-corrected chi connectivity index (χ2v) is 10.9. The highest BCUT2D eigenvalue weighted by molar-refractivity contribution is 7.89. The van der Waals surface area contributed by atoms with Crippen molar-refractivity contribution in [2.45, 2.75) is 29.7 Å². The molecule has 1 aliphatic rings. The Labute approximate surface area is 208 Å². The lowest BCUT2D eigenvalue weighted by Gasteiger charge is -2.49. The number of ether oxygens (including phenoxy) is 1. The molecular formula is C25H23Cl2NO5S. The van der Waals surface area contributed by atoms with Crippen molar-refractivity contribution in [3.05, 3.63) is 82.3 Å². The van der Waals surface area contributed by atoms with Crippen LogP contribution in [0.4, 0.5) is 0 Å². The van der Waals surface area contributed by atoms with Gasteiger partial charge in [0.25, 0.3) is 0 Å². The highest BCUT2D eigenvalue weighted by atomic mass is 35.5. The van der Waals surface area contributed by atoms with Gasteiger partial charge in [0.1, 0.15) is 12.3 Å². The first-order chi connectivity index (χ1) is 16.2. The summed E-state index contributed by atoms with van der Waals surface area (Å²) in [5, 5.41) is 10.6. The van der Waals surface area contributed by atoms with Crippen LogP contribution in [0.3, 0.4) is 0 Å². The zero-order chi connectivity index (χ0) is 24.5. The number of carbonyl (C=O) groups is 1. The van der Waals surface area contributed by atoms with Crippen LogP contribution in [0.1, 0.15) is 24.8 Å². The maximum Gasteiger partial charge on any atom is 0.318 e. The molecule has 0 atom stereocenters. The number of aliphatic carboxylic acids is 1. The molecule has 0 amide bonds. The molecule has 0 saturated heterocycles. The fraction of sp³-hybridized carbons (Fsp3) is 0.240. The van der Waals surface area contributed by atoms with Gasteiger partial charge in [-0.1, -0.05) is 47.5 Å². The van der Waals surface area contributed by atoms with Crippen LogP contribution in [0.5, 0.6) is 5.75 Å². The van der Waals surface area contributed by atoms with Crippen molar-refractivity contribution in [1.82, 2.24) is 4.31 Å². The summed E-state index contributed by atoms with van der Waals surface area (Å²) in [6.45, 7) is -0.660. The molecule has 0 heterocycles. The van der Waals surface area contributed by atoms with Crippen LogP contribution in [-0.2, 0) is 20.4 Å². The van der Waals surface area contributed by atoms with Crippen LogP contribution in [0.25, 0.3) is 11.1 Å². The molecule has 178 valence electrons. The Morgan fingerprint density at radius 1 is 1.00 bits per heavy atom. The van der Waals surface area contributed by atoms with E-state index < -0.39 is 28.1 Å². The zero-order valence-corrected chi connectivity index (χ0v) is 20.7. The van der Waals surface area contributed by atoms with Crippen LogP contribution in [-0.4, -0.2) is 37.5 Å². The fourth-order valence-electron chi connectivity index (χ4n) is 4.38. The molecule has 1 aliphatic carbocycles. The van der Waals surface area contributed by atoms with E-state index in [0.717, 1.165) is 27.4 Å². The Morgan fingerprint density at radius 3 is 2.26 bits per heavy atom. The van der Waals surface area contributed by atoms with Crippen LogP contribution >= 0.6 is 23.2 Å². The van der Waals surface area contributed by atoms with Crippen LogP contribution < -0.4 is 4.74 Å². The van der Waals surface area contributed by atoms with Crippen molar-refractivity contribution in [1.29, 1.82) is 0 Å². The third kappa shape index (κ3) is 4.66. The second kappa shape index (κ2) is 9.58. The first kappa shape index (κ1) is 24.5. The molecule has 1 saturated carbocycles. The first-order valence-electron chi connectivity index (χ1n) is 10.6. The molecule has 6 nitrogen and oxygen atoms in total. The molecule has 34 heavy (non-hydrogen) atoms. The molecule has 4 rings (SSSR count). The smallest absolute Gasteiger partial charge is 0.318 e. The average molecular weight is 520 g/mol. The maximum absolute atomic E-state index is 13.8. The zero-order valence-electron chi connectivity index (χ0n) is 18.4. The minimum absolute atomic E-state index is 0.0165. The van der Waals surface area contributed by atoms with Crippen molar-refractivity contribution >= 4 is 39.2 Å². The molecule has 0 aromatic heterocycles. The number of nitrogens with zero attached hydrogens (tertiary/aromatic N) is 1. The standard InChI is InChI=1S/C25H23Cl2NO5S/c1-33-22-7-3-8-23(15-22)34(31,32)28(16-24(29)30)25(9-4-10-25)19-6-2-5-17(11-19)18-12-20(26)14-21(27)13-18/h2-3,5-8,11-15H,4,9-10,16H2,1H3,(H,29,30). The second-order valence-electron chi connectivity index (χ2n) is 8.21. The summed E-state index contributed by atoms with van der Waals surface area (Å²) in [5.74, 6) is -0.852. The molecular weight excluding hydrogens is 497 g/mol. The highest BCUT2D eigenvalue weighted by Crippen LogP contribution is 2.49. The number of hydrogen-bond acceptors (Lipinski definition) is 4.